The minimum Gasteiger partial charge on any atom is -0.338 e. The average Bonchev–Trinajstić information content (AvgIpc) is 3.22. The first-order valence-electron chi connectivity index (χ1n) is 8.96. The number of carbonyl (C=O) groups excluding carboxylic acids is 1. The van der Waals surface area contributed by atoms with Crippen LogP contribution in [0.1, 0.15) is 30.2 Å². The Morgan fingerprint density at radius 3 is 2.92 bits per heavy atom. The van der Waals surface area contributed by atoms with E-state index in [-0.39, 0.29) is 5.91 Å². The van der Waals surface area contributed by atoms with Crippen LogP contribution in [-0.4, -0.2) is 15.9 Å². The van der Waals surface area contributed by atoms with Crippen molar-refractivity contribution in [3.8, 4) is 11.4 Å². The molecule has 4 rings (SSSR count). The number of H-pyrrole nitrogens is 1. The molecule has 26 heavy (non-hydrogen) atoms. The number of anilines is 1. The number of hydrogen-bond donors (Lipinski definition) is 2. The van der Waals surface area contributed by atoms with Crippen LogP contribution < -0.4 is 5.32 Å². The molecule has 1 aliphatic rings. The summed E-state index contributed by atoms with van der Waals surface area (Å²) in [5.41, 5.74) is 4.37. The fourth-order valence-electron chi connectivity index (χ4n) is 3.38. The minimum atomic E-state index is -0.112. The molecule has 0 saturated heterocycles. The number of imidazole rings is 1. The number of nitrogens with zero attached hydrogens (tertiary/aromatic N) is 1. The average molecular weight is 363 g/mol. The Balaban J connectivity index is 1.76. The number of thiophene rings is 1. The van der Waals surface area contributed by atoms with Crippen molar-refractivity contribution in [3.63, 3.8) is 0 Å². The summed E-state index contributed by atoms with van der Waals surface area (Å²) in [6, 6.07) is 8.03. The number of allylic oxidation sites excluding steroid dienone is 3. The molecule has 2 heterocycles. The largest absolute Gasteiger partial charge is 0.338 e. The fraction of sp³-hybridized carbons (Fsp3) is 0.238. The molecule has 0 bridgehead atoms. The highest BCUT2D eigenvalue weighted by Gasteiger charge is 2.24. The number of para-hydroxylation sites is 2. The van der Waals surface area contributed by atoms with E-state index in [0.29, 0.717) is 0 Å². The maximum Gasteiger partial charge on any atom is 0.248 e. The van der Waals surface area contributed by atoms with Crippen molar-refractivity contribution < 1.29 is 4.79 Å². The van der Waals surface area contributed by atoms with E-state index in [1.165, 1.54) is 23.3 Å². The molecule has 0 atom stereocenters. The van der Waals surface area contributed by atoms with Gasteiger partial charge in [0.2, 0.25) is 5.91 Å². The van der Waals surface area contributed by atoms with Gasteiger partial charge < -0.3 is 10.3 Å². The third-order valence-corrected chi connectivity index (χ3v) is 5.79. The second-order valence-corrected chi connectivity index (χ2v) is 7.50. The maximum absolute atomic E-state index is 12.3. The zero-order valence-corrected chi connectivity index (χ0v) is 15.5. The van der Waals surface area contributed by atoms with Gasteiger partial charge in [0.15, 0.2) is 0 Å². The lowest BCUT2D eigenvalue weighted by atomic mass is 9.95. The highest BCUT2D eigenvalue weighted by molar-refractivity contribution is 7.17. The number of carbonyl (C=O) groups is 1. The van der Waals surface area contributed by atoms with Crippen molar-refractivity contribution in [3.05, 3.63) is 59.0 Å². The van der Waals surface area contributed by atoms with Gasteiger partial charge in [-0.3, -0.25) is 4.79 Å². The summed E-state index contributed by atoms with van der Waals surface area (Å²) in [6.45, 7) is 1.93. The van der Waals surface area contributed by atoms with Crippen LogP contribution in [0.2, 0.25) is 0 Å². The Hall–Kier alpha value is -2.66. The molecule has 1 aliphatic carbocycles. The predicted molar refractivity (Wildman–Crippen MR) is 109 cm³/mol. The van der Waals surface area contributed by atoms with Gasteiger partial charge in [0.1, 0.15) is 10.8 Å². The molecule has 4 nitrogen and oxygen atoms in total. The normalized spacial score (nSPS) is 14.3. The van der Waals surface area contributed by atoms with Crippen LogP contribution in [0.25, 0.3) is 22.4 Å². The number of aromatic nitrogens is 2. The molecule has 0 radical (unpaired) electrons. The molecule has 3 aromatic rings. The molecule has 1 amide bonds. The SMILES string of the molecule is CC=CC=CC(=O)Nc1sc2c(c1-c1nc3ccccc3[nH]1)CCCC2. The predicted octanol–water partition coefficient (Wildman–Crippen LogP) is 5.24. The maximum atomic E-state index is 12.3. The smallest absolute Gasteiger partial charge is 0.248 e. The van der Waals surface area contributed by atoms with Crippen molar-refractivity contribution in [2.24, 2.45) is 0 Å². The number of rotatable bonds is 4. The number of aryl methyl sites for hydroxylation is 1. The molecular weight excluding hydrogens is 342 g/mol. The second-order valence-electron chi connectivity index (χ2n) is 6.39. The summed E-state index contributed by atoms with van der Waals surface area (Å²) in [7, 11) is 0. The number of nitrogens with one attached hydrogen (secondary N) is 2. The van der Waals surface area contributed by atoms with Crippen LogP contribution in [0.15, 0.2) is 48.6 Å². The zero-order chi connectivity index (χ0) is 17.9. The summed E-state index contributed by atoms with van der Waals surface area (Å²) in [6.07, 6.45) is 11.6. The van der Waals surface area contributed by atoms with E-state index in [1.807, 2.05) is 43.3 Å². The van der Waals surface area contributed by atoms with Crippen molar-refractivity contribution in [1.29, 1.82) is 0 Å². The standard InChI is InChI=1S/C21H21N3OS/c1-2-3-4-13-18(25)24-21-19(14-9-5-8-12-17(14)26-21)20-22-15-10-6-7-11-16(15)23-20/h2-4,6-7,10-11,13H,5,8-9,12H2,1H3,(H,22,23)(H,24,25). The van der Waals surface area contributed by atoms with Gasteiger partial charge in [-0.05, 0) is 50.3 Å². The molecule has 0 saturated carbocycles. The van der Waals surface area contributed by atoms with Crippen LogP contribution in [0.5, 0.6) is 0 Å². The quantitative estimate of drug-likeness (QED) is 0.492. The first-order valence-corrected chi connectivity index (χ1v) is 9.78. The number of fused-ring (bicyclic) bond motifs is 2. The van der Waals surface area contributed by atoms with Gasteiger partial charge >= 0.3 is 0 Å². The zero-order valence-electron chi connectivity index (χ0n) is 14.7. The van der Waals surface area contributed by atoms with Crippen molar-refractivity contribution in [1.82, 2.24) is 9.97 Å². The van der Waals surface area contributed by atoms with Gasteiger partial charge in [-0.2, -0.15) is 0 Å². The highest BCUT2D eigenvalue weighted by atomic mass is 32.1. The number of hydrogen-bond acceptors (Lipinski definition) is 3. The molecular formula is C21H21N3OS. The van der Waals surface area contributed by atoms with Crippen LogP contribution in [0, 0.1) is 0 Å². The second kappa shape index (κ2) is 7.30. The summed E-state index contributed by atoms with van der Waals surface area (Å²) in [4.78, 5) is 21.9. The van der Waals surface area contributed by atoms with Gasteiger partial charge in [0, 0.05) is 11.0 Å². The molecule has 0 spiro atoms. The number of amides is 1. The highest BCUT2D eigenvalue weighted by Crippen LogP contribution is 2.43. The Morgan fingerprint density at radius 2 is 2.08 bits per heavy atom. The Bertz CT molecular complexity index is 977. The lowest BCUT2D eigenvalue weighted by molar-refractivity contribution is -0.111. The van der Waals surface area contributed by atoms with Gasteiger partial charge in [0.25, 0.3) is 0 Å². The summed E-state index contributed by atoms with van der Waals surface area (Å²) < 4.78 is 0. The molecule has 0 unspecified atom stereocenters. The molecule has 0 aliphatic heterocycles. The van der Waals surface area contributed by atoms with E-state index >= 15 is 0 Å². The van der Waals surface area contributed by atoms with E-state index in [0.717, 1.165) is 40.3 Å². The Kier molecular flexibility index (Phi) is 4.71. The van der Waals surface area contributed by atoms with Crippen molar-refractivity contribution in [2.75, 3.05) is 5.32 Å². The fourth-order valence-corrected chi connectivity index (χ4v) is 4.68. The summed E-state index contributed by atoms with van der Waals surface area (Å²) in [5, 5.41) is 3.96. The van der Waals surface area contributed by atoms with Gasteiger partial charge in [-0.1, -0.05) is 30.4 Å². The topological polar surface area (TPSA) is 57.8 Å². The molecule has 2 aromatic heterocycles. The lowest BCUT2D eigenvalue weighted by Crippen LogP contribution is -2.07. The van der Waals surface area contributed by atoms with Gasteiger partial charge in [0.05, 0.1) is 16.6 Å². The number of benzene rings is 1. The molecule has 2 N–H and O–H groups in total. The lowest BCUT2D eigenvalue weighted by Gasteiger charge is -2.11. The van der Waals surface area contributed by atoms with E-state index in [4.69, 9.17) is 4.98 Å². The molecule has 5 heteroatoms. The Morgan fingerprint density at radius 1 is 1.23 bits per heavy atom. The molecule has 132 valence electrons. The number of aromatic amines is 1. The van der Waals surface area contributed by atoms with Crippen LogP contribution in [0.3, 0.4) is 0 Å². The third kappa shape index (κ3) is 3.22. The molecule has 1 aromatic carbocycles. The minimum absolute atomic E-state index is 0.112. The van der Waals surface area contributed by atoms with Crippen LogP contribution in [0.4, 0.5) is 5.00 Å². The van der Waals surface area contributed by atoms with Crippen molar-refractivity contribution >= 4 is 33.3 Å². The third-order valence-electron chi connectivity index (χ3n) is 4.59. The molecule has 0 fully saturated rings. The Labute approximate surface area is 156 Å². The summed E-state index contributed by atoms with van der Waals surface area (Å²) in [5.74, 6) is 0.734. The van der Waals surface area contributed by atoms with Crippen LogP contribution in [-0.2, 0) is 17.6 Å². The first kappa shape index (κ1) is 16.8. The van der Waals surface area contributed by atoms with E-state index in [9.17, 15) is 4.79 Å². The van der Waals surface area contributed by atoms with Gasteiger partial charge in [-0.25, -0.2) is 4.98 Å². The first-order chi connectivity index (χ1) is 12.8. The monoisotopic (exact) mass is 363 g/mol. The van der Waals surface area contributed by atoms with E-state index in [2.05, 4.69) is 10.3 Å². The van der Waals surface area contributed by atoms with Crippen molar-refractivity contribution in [2.45, 2.75) is 32.6 Å². The van der Waals surface area contributed by atoms with E-state index in [1.54, 1.807) is 23.5 Å². The van der Waals surface area contributed by atoms with E-state index < -0.39 is 0 Å². The van der Waals surface area contributed by atoms with Crippen LogP contribution >= 0.6 is 11.3 Å². The summed E-state index contributed by atoms with van der Waals surface area (Å²) >= 11 is 1.69. The van der Waals surface area contributed by atoms with Gasteiger partial charge in [-0.15, -0.1) is 11.3 Å².